The van der Waals surface area contributed by atoms with Crippen molar-refractivity contribution in [3.05, 3.63) is 92.9 Å². The fraction of sp³-hybridized carbons (Fsp3) is 0.160. The Kier molecular flexibility index (Phi) is 6.11. The molecule has 2 amide bonds. The van der Waals surface area contributed by atoms with Crippen molar-refractivity contribution >= 4 is 39.9 Å². The van der Waals surface area contributed by atoms with Crippen LogP contribution >= 0.6 is 11.3 Å². The molecule has 1 aliphatic heterocycles. The van der Waals surface area contributed by atoms with E-state index < -0.39 is 11.8 Å². The number of hydrogen-bond acceptors (Lipinski definition) is 7. The summed E-state index contributed by atoms with van der Waals surface area (Å²) in [5, 5.41) is 6.41. The molecule has 0 unspecified atom stereocenters. The van der Waals surface area contributed by atoms with Crippen molar-refractivity contribution in [2.75, 3.05) is 5.01 Å². The third-order valence-electron chi connectivity index (χ3n) is 5.29. The van der Waals surface area contributed by atoms with E-state index in [-0.39, 0.29) is 17.7 Å². The van der Waals surface area contributed by atoms with Gasteiger partial charge in [0, 0.05) is 12.5 Å². The fourth-order valence-electron chi connectivity index (χ4n) is 3.59. The van der Waals surface area contributed by atoms with Gasteiger partial charge in [0.15, 0.2) is 0 Å². The van der Waals surface area contributed by atoms with Gasteiger partial charge in [-0.15, -0.1) is 0 Å². The lowest BCUT2D eigenvalue weighted by Gasteiger charge is -2.13. The van der Waals surface area contributed by atoms with Crippen molar-refractivity contribution < 1.29 is 14.3 Å². The molecule has 2 aromatic heterocycles. The lowest BCUT2D eigenvalue weighted by Crippen LogP contribution is -2.35. The molecule has 5 rings (SSSR count). The quantitative estimate of drug-likeness (QED) is 0.317. The average molecular weight is 488 g/mol. The van der Waals surface area contributed by atoms with Crippen LogP contribution in [0.25, 0.3) is 11.0 Å². The minimum atomic E-state index is -0.461. The molecule has 3 heterocycles. The standard InChI is InChI=1S/C25H21N5O4S/c1-2-6-21-27-30-22(31)14-17(26-25(30)35-21)15-34-19-11-9-16(10-12-19)13-20-23(32)28-29(24(20)33)18-7-4-3-5-8-18/h3-5,7-14H,2,6,15H2,1H3,(H,28,32). The number of aryl methyl sites for hydroxylation is 1. The molecule has 10 heteroatoms. The second-order valence-electron chi connectivity index (χ2n) is 7.86. The maximum absolute atomic E-state index is 12.7. The topological polar surface area (TPSA) is 106 Å². The highest BCUT2D eigenvalue weighted by Crippen LogP contribution is 2.22. The van der Waals surface area contributed by atoms with E-state index in [9.17, 15) is 14.4 Å². The minimum Gasteiger partial charge on any atom is -0.487 e. The Morgan fingerprint density at radius 2 is 1.83 bits per heavy atom. The molecule has 0 aliphatic carbocycles. The number of hydrazine groups is 1. The molecular formula is C25H21N5O4S. The summed E-state index contributed by atoms with van der Waals surface area (Å²) in [6.07, 6.45) is 3.29. The number of para-hydroxylation sites is 1. The summed E-state index contributed by atoms with van der Waals surface area (Å²) in [6.45, 7) is 2.18. The van der Waals surface area contributed by atoms with Crippen LogP contribution < -0.4 is 20.7 Å². The Morgan fingerprint density at radius 1 is 1.06 bits per heavy atom. The molecule has 35 heavy (non-hydrogen) atoms. The third-order valence-corrected chi connectivity index (χ3v) is 6.26. The predicted molar refractivity (Wildman–Crippen MR) is 132 cm³/mol. The molecule has 9 nitrogen and oxygen atoms in total. The number of amides is 2. The van der Waals surface area contributed by atoms with Crippen molar-refractivity contribution in [3.63, 3.8) is 0 Å². The van der Waals surface area contributed by atoms with Crippen LogP contribution in [0.1, 0.15) is 29.6 Å². The molecule has 1 N–H and O–H groups in total. The molecule has 2 aromatic carbocycles. The SMILES string of the molecule is CCCc1nn2c(=O)cc(COc3ccc(C=C4C(=O)NN(c5ccccc5)C4=O)cc3)nc2s1. The molecule has 0 radical (unpaired) electrons. The smallest absolute Gasteiger partial charge is 0.282 e. The van der Waals surface area contributed by atoms with Crippen LogP contribution in [0.2, 0.25) is 0 Å². The Bertz CT molecular complexity index is 1490. The summed E-state index contributed by atoms with van der Waals surface area (Å²) >= 11 is 1.40. The van der Waals surface area contributed by atoms with Gasteiger partial charge >= 0.3 is 0 Å². The summed E-state index contributed by atoms with van der Waals surface area (Å²) in [7, 11) is 0. The van der Waals surface area contributed by atoms with Gasteiger partial charge in [-0.25, -0.2) is 9.99 Å². The Labute approximate surface area is 204 Å². The number of carbonyl (C=O) groups is 2. The number of nitrogens with zero attached hydrogens (tertiary/aromatic N) is 4. The van der Waals surface area contributed by atoms with E-state index in [2.05, 4.69) is 22.4 Å². The first kappa shape index (κ1) is 22.5. The van der Waals surface area contributed by atoms with Gasteiger partial charge in [0.25, 0.3) is 17.4 Å². The molecule has 1 aliphatic rings. The first-order valence-corrected chi connectivity index (χ1v) is 11.9. The summed E-state index contributed by atoms with van der Waals surface area (Å²) in [5.74, 6) is -0.310. The van der Waals surface area contributed by atoms with Crippen molar-refractivity contribution in [1.29, 1.82) is 0 Å². The molecule has 1 fully saturated rings. The highest BCUT2D eigenvalue weighted by atomic mass is 32.1. The number of benzene rings is 2. The highest BCUT2D eigenvalue weighted by molar-refractivity contribution is 7.16. The number of aromatic nitrogens is 3. The van der Waals surface area contributed by atoms with Crippen molar-refractivity contribution in [2.24, 2.45) is 0 Å². The molecular weight excluding hydrogens is 466 g/mol. The zero-order valence-corrected chi connectivity index (χ0v) is 19.6. The number of nitrogens with one attached hydrogen (secondary N) is 1. The first-order valence-electron chi connectivity index (χ1n) is 11.1. The number of rotatable bonds is 7. The monoisotopic (exact) mass is 487 g/mol. The molecule has 0 bridgehead atoms. The third kappa shape index (κ3) is 4.69. The minimum absolute atomic E-state index is 0.0486. The van der Waals surface area contributed by atoms with Crippen LogP contribution in [0.15, 0.2) is 71.0 Å². The molecule has 0 saturated carbocycles. The molecule has 4 aromatic rings. The van der Waals surface area contributed by atoms with E-state index in [0.717, 1.165) is 17.8 Å². The van der Waals surface area contributed by atoms with Crippen LogP contribution in [0.3, 0.4) is 0 Å². The molecule has 1 saturated heterocycles. The first-order chi connectivity index (χ1) is 17.0. The van der Waals surface area contributed by atoms with Gasteiger partial charge in [-0.2, -0.15) is 9.61 Å². The van der Waals surface area contributed by atoms with Crippen molar-refractivity contribution in [1.82, 2.24) is 20.0 Å². The van der Waals surface area contributed by atoms with Crippen LogP contribution in [-0.2, 0) is 22.6 Å². The van der Waals surface area contributed by atoms with Crippen LogP contribution in [-0.4, -0.2) is 26.4 Å². The summed E-state index contributed by atoms with van der Waals surface area (Å²) in [5.41, 5.74) is 4.17. The average Bonchev–Trinajstić information content (AvgIpc) is 3.40. The van der Waals surface area contributed by atoms with Gasteiger partial charge in [0.05, 0.1) is 11.4 Å². The van der Waals surface area contributed by atoms with E-state index >= 15 is 0 Å². The van der Waals surface area contributed by atoms with Crippen LogP contribution in [0.4, 0.5) is 5.69 Å². The maximum Gasteiger partial charge on any atom is 0.282 e. The van der Waals surface area contributed by atoms with Gasteiger partial charge in [-0.05, 0) is 42.3 Å². The second kappa shape index (κ2) is 9.51. The van der Waals surface area contributed by atoms with E-state index in [1.54, 1.807) is 54.6 Å². The largest absolute Gasteiger partial charge is 0.487 e. The molecule has 0 atom stereocenters. The Morgan fingerprint density at radius 3 is 2.57 bits per heavy atom. The van der Waals surface area contributed by atoms with E-state index in [0.29, 0.717) is 27.7 Å². The molecule has 0 spiro atoms. The normalized spacial score (nSPS) is 14.7. The zero-order valence-electron chi connectivity index (χ0n) is 18.8. The van der Waals surface area contributed by atoms with Crippen LogP contribution in [0.5, 0.6) is 5.75 Å². The fourth-order valence-corrected chi connectivity index (χ4v) is 4.60. The predicted octanol–water partition coefficient (Wildman–Crippen LogP) is 3.14. The number of ether oxygens (including phenoxy) is 1. The number of fused-ring (bicyclic) bond motifs is 1. The zero-order chi connectivity index (χ0) is 24.4. The van der Waals surface area contributed by atoms with E-state index in [1.807, 2.05) is 6.07 Å². The van der Waals surface area contributed by atoms with E-state index in [1.165, 1.54) is 26.9 Å². The highest BCUT2D eigenvalue weighted by Gasteiger charge is 2.34. The summed E-state index contributed by atoms with van der Waals surface area (Å²) < 4.78 is 7.11. The maximum atomic E-state index is 12.7. The van der Waals surface area contributed by atoms with Gasteiger partial charge < -0.3 is 4.74 Å². The van der Waals surface area contributed by atoms with Gasteiger partial charge in [-0.3, -0.25) is 19.8 Å². The number of carbonyl (C=O) groups excluding carboxylic acids is 2. The summed E-state index contributed by atoms with van der Waals surface area (Å²) in [6, 6.07) is 17.3. The lowest BCUT2D eigenvalue weighted by molar-refractivity contribution is -0.117. The van der Waals surface area contributed by atoms with Gasteiger partial charge in [-0.1, -0.05) is 48.6 Å². The Hall–Kier alpha value is -4.31. The number of anilines is 1. The van der Waals surface area contributed by atoms with Crippen LogP contribution in [0, 0.1) is 0 Å². The van der Waals surface area contributed by atoms with Gasteiger partial charge in [0.2, 0.25) is 4.96 Å². The van der Waals surface area contributed by atoms with E-state index in [4.69, 9.17) is 4.74 Å². The molecule has 176 valence electrons. The van der Waals surface area contributed by atoms with Crippen molar-refractivity contribution in [3.8, 4) is 5.75 Å². The number of hydrogen-bond donors (Lipinski definition) is 1. The lowest BCUT2D eigenvalue weighted by atomic mass is 10.1. The second-order valence-corrected chi connectivity index (χ2v) is 8.90. The summed E-state index contributed by atoms with van der Waals surface area (Å²) in [4.78, 5) is 42.5. The Balaban J connectivity index is 1.27. The van der Waals surface area contributed by atoms with Crippen molar-refractivity contribution in [2.45, 2.75) is 26.4 Å². The van der Waals surface area contributed by atoms with Gasteiger partial charge in [0.1, 0.15) is 22.9 Å².